The molecule has 0 fully saturated rings. The fourth-order valence-corrected chi connectivity index (χ4v) is 2.17. The third-order valence-corrected chi connectivity index (χ3v) is 3.10. The predicted octanol–water partition coefficient (Wildman–Crippen LogP) is 2.30. The summed E-state index contributed by atoms with van der Waals surface area (Å²) in [5.74, 6) is -1.28. The molecule has 1 heterocycles. The first kappa shape index (κ1) is 13.5. The van der Waals surface area contributed by atoms with Crippen LogP contribution in [-0.4, -0.2) is 12.7 Å². The van der Waals surface area contributed by atoms with Crippen LogP contribution in [0.25, 0.3) is 5.76 Å². The summed E-state index contributed by atoms with van der Waals surface area (Å²) in [5.41, 5.74) is 0.352. The molecular weight excluding hydrogens is 278 g/mol. The summed E-state index contributed by atoms with van der Waals surface area (Å²) in [6, 6.07) is 16.2. The molecule has 1 N–H and O–H groups in total. The summed E-state index contributed by atoms with van der Waals surface area (Å²) in [7, 11) is -4.37. The molecule has 21 heavy (non-hydrogen) atoms. The van der Waals surface area contributed by atoms with E-state index in [1.807, 2.05) is 4.90 Å². The number of rotatable bonds is 2. The first-order valence-electron chi connectivity index (χ1n) is 6.43. The zero-order valence-corrected chi connectivity index (χ0v) is 10.9. The third-order valence-electron chi connectivity index (χ3n) is 3.10. The Morgan fingerprint density at radius 1 is 0.810 bits per heavy atom. The van der Waals surface area contributed by atoms with Crippen LogP contribution in [0.5, 0.6) is 0 Å². The lowest BCUT2D eigenvalue weighted by molar-refractivity contribution is -0.362. The molecule has 1 aliphatic heterocycles. The topological polar surface area (TPSA) is 23.2 Å². The van der Waals surface area contributed by atoms with Gasteiger partial charge in [0.05, 0.1) is 0 Å². The summed E-state index contributed by atoms with van der Waals surface area (Å²) in [6.07, 6.45) is 0. The van der Waals surface area contributed by atoms with Gasteiger partial charge in [0.15, 0.2) is 0 Å². The van der Waals surface area contributed by atoms with E-state index in [-0.39, 0.29) is 11.3 Å². The highest BCUT2D eigenvalue weighted by atomic mass is 19.3. The van der Waals surface area contributed by atoms with Crippen LogP contribution in [-0.2, 0) is 4.65 Å². The molecule has 0 atom stereocenters. The maximum atomic E-state index is 14.6. The molecule has 1 aliphatic rings. The van der Waals surface area contributed by atoms with Crippen molar-refractivity contribution in [3.05, 3.63) is 77.6 Å². The largest absolute Gasteiger partial charge is 0.827 e. The minimum absolute atomic E-state index is 0.259. The normalized spacial score (nSPS) is 17.2. The Morgan fingerprint density at radius 2 is 1.33 bits per heavy atom. The molecule has 0 radical (unpaired) electrons. The number of benzene rings is 2. The Labute approximate surface area is 119 Å². The van der Waals surface area contributed by atoms with Crippen molar-refractivity contribution >= 4 is 18.5 Å². The summed E-state index contributed by atoms with van der Waals surface area (Å²) in [5, 5.41) is 0. The number of halogens is 3. The SMILES string of the molecule is FC1=C(c2ccccc2)O[B-](F)(F)[NH+]=C1c1ccccc1. The standard InChI is InChI=1S/C15H11BF3NO/c17-13-14(11-7-3-1-4-8-11)20-16(18,19)21-15(13)12-9-5-2-6-10-12/h1-10,20H. The van der Waals surface area contributed by atoms with Crippen molar-refractivity contribution in [3.63, 3.8) is 0 Å². The van der Waals surface area contributed by atoms with Crippen molar-refractivity contribution in [1.82, 2.24) is 0 Å². The van der Waals surface area contributed by atoms with E-state index in [2.05, 4.69) is 4.65 Å². The zero-order valence-electron chi connectivity index (χ0n) is 10.9. The lowest BCUT2D eigenvalue weighted by atomic mass is 9.97. The summed E-state index contributed by atoms with van der Waals surface area (Å²) < 4.78 is 46.6. The van der Waals surface area contributed by atoms with Crippen molar-refractivity contribution in [2.45, 2.75) is 0 Å². The zero-order chi connectivity index (χ0) is 14.9. The van der Waals surface area contributed by atoms with Crippen LogP contribution >= 0.6 is 0 Å². The molecule has 106 valence electrons. The van der Waals surface area contributed by atoms with Gasteiger partial charge in [0.2, 0.25) is 11.5 Å². The first-order valence-corrected chi connectivity index (χ1v) is 6.43. The second kappa shape index (κ2) is 5.12. The van der Waals surface area contributed by atoms with E-state index in [9.17, 15) is 13.0 Å². The number of hydrogen-bond acceptors (Lipinski definition) is 1. The van der Waals surface area contributed by atoms with Crippen molar-refractivity contribution in [1.29, 1.82) is 0 Å². The summed E-state index contributed by atoms with van der Waals surface area (Å²) >= 11 is 0. The van der Waals surface area contributed by atoms with Crippen molar-refractivity contribution in [2.75, 3.05) is 0 Å². The average molecular weight is 289 g/mol. The fraction of sp³-hybridized carbons (Fsp3) is 0. The van der Waals surface area contributed by atoms with E-state index in [4.69, 9.17) is 0 Å². The highest BCUT2D eigenvalue weighted by Gasteiger charge is 2.46. The van der Waals surface area contributed by atoms with E-state index in [0.29, 0.717) is 5.56 Å². The van der Waals surface area contributed by atoms with Gasteiger partial charge >= 0.3 is 7.04 Å². The lowest BCUT2D eigenvalue weighted by Crippen LogP contribution is -2.90. The second-order valence-electron chi connectivity index (χ2n) is 4.61. The minimum atomic E-state index is -4.37. The molecule has 2 aromatic carbocycles. The Hall–Kier alpha value is -2.50. The van der Waals surface area contributed by atoms with E-state index < -0.39 is 18.6 Å². The van der Waals surface area contributed by atoms with Gasteiger partial charge in [0.1, 0.15) is 5.76 Å². The quantitative estimate of drug-likeness (QED) is 0.842. The van der Waals surface area contributed by atoms with Crippen LogP contribution in [0.1, 0.15) is 11.1 Å². The van der Waals surface area contributed by atoms with Crippen LogP contribution in [0.15, 0.2) is 66.5 Å². The number of nitrogens with one attached hydrogen (secondary N) is 1. The first-order chi connectivity index (χ1) is 10.1. The van der Waals surface area contributed by atoms with Gasteiger partial charge < -0.3 is 18.2 Å². The Kier molecular flexibility index (Phi) is 3.29. The molecule has 2 nitrogen and oxygen atoms in total. The van der Waals surface area contributed by atoms with Gasteiger partial charge in [-0.05, 0) is 12.1 Å². The highest BCUT2D eigenvalue weighted by Crippen LogP contribution is 2.27. The Bertz CT molecular complexity index is 714. The van der Waals surface area contributed by atoms with Crippen molar-refractivity contribution in [2.24, 2.45) is 0 Å². The van der Waals surface area contributed by atoms with E-state index in [1.54, 1.807) is 48.5 Å². The van der Waals surface area contributed by atoms with Crippen molar-refractivity contribution in [3.8, 4) is 0 Å². The van der Waals surface area contributed by atoms with Crippen molar-refractivity contribution < 1.29 is 22.6 Å². The Morgan fingerprint density at radius 3 is 1.90 bits per heavy atom. The second-order valence-corrected chi connectivity index (χ2v) is 4.61. The number of hydrogen-bond donors (Lipinski definition) is 1. The molecule has 0 saturated carbocycles. The van der Waals surface area contributed by atoms with Gasteiger partial charge in [-0.2, -0.15) is 4.39 Å². The molecule has 0 aromatic heterocycles. The molecule has 0 bridgehead atoms. The van der Waals surface area contributed by atoms with Crippen LogP contribution in [0.2, 0.25) is 0 Å². The fourth-order valence-electron chi connectivity index (χ4n) is 2.17. The van der Waals surface area contributed by atoms with Gasteiger partial charge in [0.25, 0.3) is 0 Å². The molecule has 0 spiro atoms. The van der Waals surface area contributed by atoms with Crippen LogP contribution < -0.4 is 4.90 Å². The molecule has 0 aliphatic carbocycles. The molecule has 6 heteroatoms. The van der Waals surface area contributed by atoms with Crippen LogP contribution in [0.4, 0.5) is 13.0 Å². The molecule has 3 rings (SSSR count). The Balaban J connectivity index is 2.15. The lowest BCUT2D eigenvalue weighted by Gasteiger charge is -2.25. The molecule has 0 amide bonds. The van der Waals surface area contributed by atoms with E-state index >= 15 is 0 Å². The number of allylic oxidation sites excluding steroid dienone is 1. The van der Waals surface area contributed by atoms with Crippen LogP contribution in [0.3, 0.4) is 0 Å². The highest BCUT2D eigenvalue weighted by molar-refractivity contribution is 6.52. The summed E-state index contributed by atoms with van der Waals surface area (Å²) in [4.78, 5) is 1.85. The van der Waals surface area contributed by atoms with Gasteiger partial charge in [-0.1, -0.05) is 48.5 Å². The van der Waals surface area contributed by atoms with Gasteiger partial charge in [-0.3, -0.25) is 0 Å². The average Bonchev–Trinajstić information content (AvgIpc) is 2.51. The maximum absolute atomic E-state index is 14.6. The molecule has 2 aromatic rings. The summed E-state index contributed by atoms with van der Waals surface area (Å²) in [6.45, 7) is 0. The van der Waals surface area contributed by atoms with Gasteiger partial charge in [-0.25, -0.2) is 0 Å². The predicted molar refractivity (Wildman–Crippen MR) is 75.0 cm³/mol. The third kappa shape index (κ3) is 2.70. The smallest absolute Gasteiger partial charge is 0.597 e. The van der Waals surface area contributed by atoms with Crippen LogP contribution in [0, 0.1) is 0 Å². The minimum Gasteiger partial charge on any atom is -0.597 e. The van der Waals surface area contributed by atoms with Gasteiger partial charge in [-0.15, -0.1) is 0 Å². The molecule has 0 saturated heterocycles. The van der Waals surface area contributed by atoms with E-state index in [1.165, 1.54) is 12.1 Å². The van der Waals surface area contributed by atoms with Gasteiger partial charge in [0, 0.05) is 11.1 Å². The monoisotopic (exact) mass is 289 g/mol. The molecular formula is C15H11BF3NO. The molecule has 0 unspecified atom stereocenters. The van der Waals surface area contributed by atoms with E-state index in [0.717, 1.165) is 0 Å². The maximum Gasteiger partial charge on any atom is 0.827 e.